The van der Waals surface area contributed by atoms with Crippen molar-refractivity contribution in [3.05, 3.63) is 70.8 Å². The van der Waals surface area contributed by atoms with Gasteiger partial charge < -0.3 is 9.47 Å². The number of amides is 1. The SMILES string of the molecule is Cc1ccc(C(=O)C2CC3COCC(C2)N3C(=O)OCc2ccccc2)cc1C#N. The number of fused-ring (bicyclic) bond motifs is 2. The number of carbonyl (C=O) groups is 2. The molecule has 0 spiro atoms. The lowest BCUT2D eigenvalue weighted by Crippen LogP contribution is -2.59. The van der Waals surface area contributed by atoms with Crippen LogP contribution in [0.4, 0.5) is 4.79 Å². The number of carbonyl (C=O) groups excluding carboxylic acids is 2. The van der Waals surface area contributed by atoms with Gasteiger partial charge in [0.15, 0.2) is 5.78 Å². The molecule has 1 amide bonds. The molecule has 2 heterocycles. The van der Waals surface area contributed by atoms with Gasteiger partial charge in [0.2, 0.25) is 0 Å². The predicted octanol–water partition coefficient (Wildman–Crippen LogP) is 3.87. The molecule has 0 aliphatic carbocycles. The van der Waals surface area contributed by atoms with Crippen LogP contribution in [0.5, 0.6) is 0 Å². The first-order valence-corrected chi connectivity index (χ1v) is 10.2. The van der Waals surface area contributed by atoms with Gasteiger partial charge in [-0.25, -0.2) is 4.79 Å². The molecule has 154 valence electrons. The molecule has 0 radical (unpaired) electrons. The number of piperidine rings is 1. The van der Waals surface area contributed by atoms with Gasteiger partial charge in [-0.1, -0.05) is 42.5 Å². The topological polar surface area (TPSA) is 79.6 Å². The molecule has 0 aromatic heterocycles. The average molecular weight is 404 g/mol. The van der Waals surface area contributed by atoms with Crippen molar-refractivity contribution in [3.8, 4) is 6.07 Å². The highest BCUT2D eigenvalue weighted by Crippen LogP contribution is 2.34. The van der Waals surface area contributed by atoms with E-state index in [1.165, 1.54) is 0 Å². The maximum atomic E-state index is 13.1. The fraction of sp³-hybridized carbons (Fsp3) is 0.375. The summed E-state index contributed by atoms with van der Waals surface area (Å²) in [6, 6.07) is 16.6. The Morgan fingerprint density at radius 2 is 1.83 bits per heavy atom. The summed E-state index contributed by atoms with van der Waals surface area (Å²) in [5.74, 6) is -0.169. The maximum Gasteiger partial charge on any atom is 0.410 e. The number of morpholine rings is 1. The van der Waals surface area contributed by atoms with E-state index in [0.717, 1.165) is 11.1 Å². The molecule has 0 saturated carbocycles. The molecule has 2 aromatic rings. The van der Waals surface area contributed by atoms with E-state index in [2.05, 4.69) is 6.07 Å². The van der Waals surface area contributed by atoms with E-state index in [1.807, 2.05) is 43.3 Å². The second-order valence-corrected chi connectivity index (χ2v) is 7.97. The molecule has 4 rings (SSSR count). The zero-order chi connectivity index (χ0) is 21.1. The molecule has 2 aliphatic heterocycles. The van der Waals surface area contributed by atoms with Gasteiger partial charge in [-0.3, -0.25) is 9.69 Å². The van der Waals surface area contributed by atoms with E-state index in [4.69, 9.17) is 9.47 Å². The predicted molar refractivity (Wildman–Crippen MR) is 110 cm³/mol. The van der Waals surface area contributed by atoms with E-state index in [-0.39, 0.29) is 36.5 Å². The molecule has 2 atom stereocenters. The lowest BCUT2D eigenvalue weighted by Gasteiger charge is -2.47. The van der Waals surface area contributed by atoms with Gasteiger partial charge >= 0.3 is 6.09 Å². The zero-order valence-corrected chi connectivity index (χ0v) is 16.9. The first-order chi connectivity index (χ1) is 14.6. The van der Waals surface area contributed by atoms with Crippen LogP contribution >= 0.6 is 0 Å². The molecule has 0 N–H and O–H groups in total. The van der Waals surface area contributed by atoms with Crippen molar-refractivity contribution in [3.63, 3.8) is 0 Å². The monoisotopic (exact) mass is 404 g/mol. The van der Waals surface area contributed by atoms with E-state index in [1.54, 1.807) is 17.0 Å². The maximum absolute atomic E-state index is 13.1. The van der Waals surface area contributed by atoms with Gasteiger partial charge in [0.25, 0.3) is 0 Å². The third-order valence-electron chi connectivity index (χ3n) is 5.95. The lowest BCUT2D eigenvalue weighted by atomic mass is 9.80. The van der Waals surface area contributed by atoms with Crippen LogP contribution in [0, 0.1) is 24.2 Å². The number of hydrogen-bond acceptors (Lipinski definition) is 5. The molecular weight excluding hydrogens is 380 g/mol. The largest absolute Gasteiger partial charge is 0.445 e. The van der Waals surface area contributed by atoms with Gasteiger partial charge in [0.1, 0.15) is 6.61 Å². The Labute approximate surface area is 176 Å². The first kappa shape index (κ1) is 20.1. The number of nitriles is 1. The van der Waals surface area contributed by atoms with Crippen molar-refractivity contribution in [1.82, 2.24) is 4.90 Å². The van der Waals surface area contributed by atoms with Crippen LogP contribution in [-0.4, -0.2) is 42.1 Å². The fourth-order valence-corrected chi connectivity index (χ4v) is 4.35. The summed E-state index contributed by atoms with van der Waals surface area (Å²) in [6.45, 7) is 2.88. The number of nitrogens with zero attached hydrogens (tertiary/aromatic N) is 2. The molecular formula is C24H24N2O4. The summed E-state index contributed by atoms with van der Waals surface area (Å²) < 4.78 is 11.2. The Bertz CT molecular complexity index is 968. The van der Waals surface area contributed by atoms with Crippen LogP contribution in [0.1, 0.15) is 39.9 Å². The summed E-state index contributed by atoms with van der Waals surface area (Å²) >= 11 is 0. The van der Waals surface area contributed by atoms with Crippen LogP contribution in [0.25, 0.3) is 0 Å². The van der Waals surface area contributed by atoms with Gasteiger partial charge in [0.05, 0.1) is 36.9 Å². The van der Waals surface area contributed by atoms with E-state index in [0.29, 0.717) is 37.2 Å². The number of hydrogen-bond donors (Lipinski definition) is 0. The van der Waals surface area contributed by atoms with Gasteiger partial charge in [0, 0.05) is 11.5 Å². The lowest BCUT2D eigenvalue weighted by molar-refractivity contribution is -0.0755. The van der Waals surface area contributed by atoms with Gasteiger partial charge in [-0.05, 0) is 37.0 Å². The molecule has 2 aromatic carbocycles. The number of rotatable bonds is 4. The Morgan fingerprint density at radius 1 is 1.13 bits per heavy atom. The highest BCUT2D eigenvalue weighted by atomic mass is 16.6. The van der Waals surface area contributed by atoms with Crippen molar-refractivity contribution >= 4 is 11.9 Å². The number of benzene rings is 2. The second-order valence-electron chi connectivity index (χ2n) is 7.97. The minimum atomic E-state index is -0.356. The fourth-order valence-electron chi connectivity index (χ4n) is 4.35. The normalized spacial score (nSPS) is 22.8. The van der Waals surface area contributed by atoms with E-state index < -0.39 is 0 Å². The molecule has 2 saturated heterocycles. The van der Waals surface area contributed by atoms with Crippen molar-refractivity contribution < 1.29 is 19.1 Å². The molecule has 2 unspecified atom stereocenters. The standard InChI is InChI=1S/C24H24N2O4/c1-16-7-8-18(9-20(16)12-25)23(27)19-10-21-14-29-15-22(11-19)26(21)24(28)30-13-17-5-3-2-4-6-17/h2-9,19,21-22H,10-11,13-15H2,1H3. The molecule has 2 aliphatic rings. The van der Waals surface area contributed by atoms with E-state index >= 15 is 0 Å². The van der Waals surface area contributed by atoms with Crippen LogP contribution < -0.4 is 0 Å². The Morgan fingerprint density at radius 3 is 2.50 bits per heavy atom. The number of ether oxygens (including phenoxy) is 2. The third kappa shape index (κ3) is 4.07. The Hall–Kier alpha value is -3.17. The first-order valence-electron chi connectivity index (χ1n) is 10.2. The summed E-state index contributed by atoms with van der Waals surface area (Å²) in [5.41, 5.74) is 2.87. The zero-order valence-electron chi connectivity index (χ0n) is 16.9. The molecule has 6 heteroatoms. The molecule has 6 nitrogen and oxygen atoms in total. The summed E-state index contributed by atoms with van der Waals surface area (Å²) in [7, 11) is 0. The summed E-state index contributed by atoms with van der Waals surface area (Å²) in [4.78, 5) is 27.6. The Balaban J connectivity index is 1.45. The van der Waals surface area contributed by atoms with E-state index in [9.17, 15) is 14.9 Å². The van der Waals surface area contributed by atoms with Crippen molar-refractivity contribution in [2.45, 2.75) is 38.5 Å². The van der Waals surface area contributed by atoms with Crippen molar-refractivity contribution in [1.29, 1.82) is 5.26 Å². The molecule has 30 heavy (non-hydrogen) atoms. The molecule has 2 bridgehead atoms. The minimum Gasteiger partial charge on any atom is -0.445 e. The van der Waals surface area contributed by atoms with Crippen LogP contribution in [0.15, 0.2) is 48.5 Å². The minimum absolute atomic E-state index is 0.0284. The number of ketones is 1. The molecule has 2 fully saturated rings. The average Bonchev–Trinajstić information content (AvgIpc) is 2.77. The summed E-state index contributed by atoms with van der Waals surface area (Å²) in [6.07, 6.45) is 0.710. The van der Waals surface area contributed by atoms with Gasteiger partial charge in [-0.15, -0.1) is 0 Å². The quantitative estimate of drug-likeness (QED) is 0.723. The third-order valence-corrected chi connectivity index (χ3v) is 5.95. The Kier molecular flexibility index (Phi) is 5.82. The smallest absolute Gasteiger partial charge is 0.410 e. The highest BCUT2D eigenvalue weighted by molar-refractivity contribution is 5.98. The summed E-state index contributed by atoms with van der Waals surface area (Å²) in [5, 5.41) is 9.26. The number of aryl methyl sites for hydroxylation is 1. The second kappa shape index (κ2) is 8.68. The highest BCUT2D eigenvalue weighted by Gasteiger charge is 2.44. The van der Waals surface area contributed by atoms with Gasteiger partial charge in [-0.2, -0.15) is 5.26 Å². The van der Waals surface area contributed by atoms with Crippen LogP contribution in [-0.2, 0) is 16.1 Å². The van der Waals surface area contributed by atoms with Crippen molar-refractivity contribution in [2.24, 2.45) is 5.92 Å². The number of Topliss-reactive ketones (excluding diaryl/α,β-unsaturated/α-hetero) is 1. The van der Waals surface area contributed by atoms with Crippen molar-refractivity contribution in [2.75, 3.05) is 13.2 Å². The van der Waals surface area contributed by atoms with Crippen LogP contribution in [0.3, 0.4) is 0 Å². The van der Waals surface area contributed by atoms with Crippen LogP contribution in [0.2, 0.25) is 0 Å².